The van der Waals surface area contributed by atoms with Crippen LogP contribution >= 0.6 is 0 Å². The summed E-state index contributed by atoms with van der Waals surface area (Å²) in [5.41, 5.74) is 0.378. The van der Waals surface area contributed by atoms with Crippen molar-refractivity contribution in [1.82, 2.24) is 0 Å². The van der Waals surface area contributed by atoms with E-state index < -0.39 is 11.7 Å². The monoisotopic (exact) mass is 231 g/mol. The van der Waals surface area contributed by atoms with Crippen LogP contribution in [0.4, 0.5) is 18.9 Å². The molecule has 0 heterocycles. The molecule has 0 unspecified atom stereocenters. The van der Waals surface area contributed by atoms with E-state index in [1.165, 1.54) is 6.07 Å². The number of hydrogen-bond donors (Lipinski definition) is 0. The zero-order valence-electron chi connectivity index (χ0n) is 9.89. The molecular weight excluding hydrogens is 215 g/mol. The summed E-state index contributed by atoms with van der Waals surface area (Å²) in [6.07, 6.45) is -4.29. The van der Waals surface area contributed by atoms with Gasteiger partial charge in [0, 0.05) is 19.8 Å². The fourth-order valence-corrected chi connectivity index (χ4v) is 1.57. The minimum absolute atomic E-state index is 0.132. The molecule has 0 aliphatic heterocycles. The molecule has 0 saturated carbocycles. The SMILES string of the molecule is CC(C)c1ccc(N(C)C)cc1C(F)(F)F. The Hall–Kier alpha value is -1.19. The molecule has 0 amide bonds. The molecule has 0 aliphatic rings. The van der Waals surface area contributed by atoms with Gasteiger partial charge in [-0.15, -0.1) is 0 Å². The molecular formula is C12H16F3N. The molecule has 0 atom stereocenters. The maximum Gasteiger partial charge on any atom is 0.416 e. The number of halogens is 3. The van der Waals surface area contributed by atoms with E-state index in [2.05, 4.69) is 0 Å². The van der Waals surface area contributed by atoms with Crippen LogP contribution in [0.15, 0.2) is 18.2 Å². The van der Waals surface area contributed by atoms with Gasteiger partial charge in [0.25, 0.3) is 0 Å². The third-order valence-electron chi connectivity index (χ3n) is 2.48. The Balaban J connectivity index is 3.33. The molecule has 0 fully saturated rings. The lowest BCUT2D eigenvalue weighted by Crippen LogP contribution is -2.14. The van der Waals surface area contributed by atoms with E-state index in [4.69, 9.17) is 0 Å². The highest BCUT2D eigenvalue weighted by molar-refractivity contribution is 5.51. The van der Waals surface area contributed by atoms with E-state index >= 15 is 0 Å². The van der Waals surface area contributed by atoms with Crippen LogP contribution in [0.3, 0.4) is 0 Å². The van der Waals surface area contributed by atoms with E-state index in [-0.39, 0.29) is 5.92 Å². The van der Waals surface area contributed by atoms with Crippen LogP contribution in [0, 0.1) is 0 Å². The van der Waals surface area contributed by atoms with E-state index in [9.17, 15) is 13.2 Å². The molecule has 0 bridgehead atoms. The average Bonchev–Trinajstić information content (AvgIpc) is 2.15. The van der Waals surface area contributed by atoms with Gasteiger partial charge in [-0.1, -0.05) is 19.9 Å². The highest BCUT2D eigenvalue weighted by Crippen LogP contribution is 2.37. The molecule has 1 rings (SSSR count). The summed E-state index contributed by atoms with van der Waals surface area (Å²) in [7, 11) is 3.45. The summed E-state index contributed by atoms with van der Waals surface area (Å²) < 4.78 is 38.5. The first kappa shape index (κ1) is 12.9. The zero-order valence-corrected chi connectivity index (χ0v) is 9.89. The minimum Gasteiger partial charge on any atom is -0.378 e. The van der Waals surface area contributed by atoms with Crippen molar-refractivity contribution in [2.24, 2.45) is 0 Å². The van der Waals surface area contributed by atoms with Crippen LogP contribution in [0.1, 0.15) is 30.9 Å². The molecule has 1 aromatic rings. The summed E-state index contributed by atoms with van der Waals surface area (Å²) in [6.45, 7) is 3.53. The zero-order chi connectivity index (χ0) is 12.5. The lowest BCUT2D eigenvalue weighted by atomic mass is 9.96. The molecule has 0 aliphatic carbocycles. The first-order chi connectivity index (χ1) is 7.23. The first-order valence-corrected chi connectivity index (χ1v) is 5.12. The predicted molar refractivity (Wildman–Crippen MR) is 59.9 cm³/mol. The Bertz CT molecular complexity index is 367. The molecule has 16 heavy (non-hydrogen) atoms. The second-order valence-electron chi connectivity index (χ2n) is 4.32. The maximum atomic E-state index is 12.8. The average molecular weight is 231 g/mol. The molecule has 0 saturated heterocycles. The van der Waals surface area contributed by atoms with Crippen molar-refractivity contribution >= 4 is 5.69 Å². The van der Waals surface area contributed by atoms with E-state index in [0.717, 1.165) is 0 Å². The molecule has 0 N–H and O–H groups in total. The van der Waals surface area contributed by atoms with Gasteiger partial charge in [0.2, 0.25) is 0 Å². The molecule has 0 radical (unpaired) electrons. The largest absolute Gasteiger partial charge is 0.416 e. The second kappa shape index (κ2) is 4.36. The second-order valence-corrected chi connectivity index (χ2v) is 4.32. The lowest BCUT2D eigenvalue weighted by molar-refractivity contribution is -0.138. The summed E-state index contributed by atoms with van der Waals surface area (Å²) in [5.74, 6) is -0.132. The Morgan fingerprint density at radius 2 is 1.69 bits per heavy atom. The Labute approximate surface area is 93.9 Å². The van der Waals surface area contributed by atoms with Crippen LogP contribution in [-0.2, 0) is 6.18 Å². The lowest BCUT2D eigenvalue weighted by Gasteiger charge is -2.19. The number of anilines is 1. The third-order valence-corrected chi connectivity index (χ3v) is 2.48. The number of alkyl halides is 3. The van der Waals surface area contributed by atoms with Crippen LogP contribution < -0.4 is 4.90 Å². The van der Waals surface area contributed by atoms with E-state index in [1.807, 2.05) is 0 Å². The third kappa shape index (κ3) is 2.68. The van der Waals surface area contributed by atoms with Crippen LogP contribution in [0.5, 0.6) is 0 Å². The van der Waals surface area contributed by atoms with Crippen molar-refractivity contribution in [3.8, 4) is 0 Å². The highest BCUT2D eigenvalue weighted by Gasteiger charge is 2.34. The van der Waals surface area contributed by atoms with Crippen molar-refractivity contribution in [2.45, 2.75) is 25.9 Å². The maximum absolute atomic E-state index is 12.8. The molecule has 0 spiro atoms. The predicted octanol–water partition coefficient (Wildman–Crippen LogP) is 3.89. The van der Waals surface area contributed by atoms with E-state index in [1.54, 1.807) is 45.0 Å². The topological polar surface area (TPSA) is 3.24 Å². The number of hydrogen-bond acceptors (Lipinski definition) is 1. The minimum atomic E-state index is -4.29. The molecule has 90 valence electrons. The van der Waals surface area contributed by atoms with Crippen molar-refractivity contribution < 1.29 is 13.2 Å². The van der Waals surface area contributed by atoms with Crippen molar-refractivity contribution in [3.63, 3.8) is 0 Å². The number of rotatable bonds is 2. The summed E-state index contributed by atoms with van der Waals surface area (Å²) in [5, 5.41) is 0. The van der Waals surface area contributed by atoms with Crippen molar-refractivity contribution in [1.29, 1.82) is 0 Å². The number of benzene rings is 1. The summed E-state index contributed by atoms with van der Waals surface area (Å²) in [4.78, 5) is 1.67. The Morgan fingerprint density at radius 1 is 1.12 bits per heavy atom. The van der Waals surface area contributed by atoms with Gasteiger partial charge in [-0.3, -0.25) is 0 Å². The van der Waals surface area contributed by atoms with Gasteiger partial charge in [0.1, 0.15) is 0 Å². The summed E-state index contributed by atoms with van der Waals surface area (Å²) in [6, 6.07) is 4.47. The van der Waals surface area contributed by atoms with Gasteiger partial charge >= 0.3 is 6.18 Å². The van der Waals surface area contributed by atoms with Gasteiger partial charge in [-0.25, -0.2) is 0 Å². The van der Waals surface area contributed by atoms with Crippen LogP contribution in [0.2, 0.25) is 0 Å². The molecule has 4 heteroatoms. The smallest absolute Gasteiger partial charge is 0.378 e. The van der Waals surface area contributed by atoms with E-state index in [0.29, 0.717) is 11.3 Å². The fourth-order valence-electron chi connectivity index (χ4n) is 1.57. The Morgan fingerprint density at radius 3 is 2.06 bits per heavy atom. The van der Waals surface area contributed by atoms with Crippen LogP contribution in [-0.4, -0.2) is 14.1 Å². The standard InChI is InChI=1S/C12H16F3N/c1-8(2)10-6-5-9(16(3)4)7-11(10)12(13,14)15/h5-8H,1-4H3. The molecule has 0 aromatic heterocycles. The first-order valence-electron chi connectivity index (χ1n) is 5.12. The van der Waals surface area contributed by atoms with Gasteiger partial charge in [-0.2, -0.15) is 13.2 Å². The molecule has 1 nitrogen and oxygen atoms in total. The number of nitrogens with zero attached hydrogens (tertiary/aromatic N) is 1. The van der Waals surface area contributed by atoms with Gasteiger partial charge in [0.05, 0.1) is 5.56 Å². The molecule has 1 aromatic carbocycles. The Kier molecular flexibility index (Phi) is 3.51. The van der Waals surface area contributed by atoms with Crippen molar-refractivity contribution in [3.05, 3.63) is 29.3 Å². The highest BCUT2D eigenvalue weighted by atomic mass is 19.4. The normalized spacial score (nSPS) is 12.0. The fraction of sp³-hybridized carbons (Fsp3) is 0.500. The van der Waals surface area contributed by atoms with Crippen LogP contribution in [0.25, 0.3) is 0 Å². The van der Waals surface area contributed by atoms with Gasteiger partial charge < -0.3 is 4.90 Å². The van der Waals surface area contributed by atoms with Crippen molar-refractivity contribution in [2.75, 3.05) is 19.0 Å². The quantitative estimate of drug-likeness (QED) is 0.746. The van der Waals surface area contributed by atoms with Gasteiger partial charge in [0.15, 0.2) is 0 Å². The van der Waals surface area contributed by atoms with Gasteiger partial charge in [-0.05, 0) is 23.6 Å². The summed E-state index contributed by atoms with van der Waals surface area (Å²) >= 11 is 0.